The number of aliphatic hydroxyl groups is 4. The Morgan fingerprint density at radius 3 is 1.14 bits per heavy atom. The van der Waals surface area contributed by atoms with E-state index in [1.165, 1.54) is 0 Å². The van der Waals surface area contributed by atoms with Gasteiger partial charge in [0.05, 0.1) is 0 Å². The van der Waals surface area contributed by atoms with Gasteiger partial charge in [-0.3, -0.25) is 0 Å². The SMILES string of the molecule is O=C(CO)OC(=O)C(O)C(O)C(=O)OC(=O)CO.[H-].[H-].[H-].[H-].[K+].[K+].[K+].[K+]. The first kappa shape index (κ1) is 37.4. The number of ether oxygens (including phenoxy) is 2. The van der Waals surface area contributed by atoms with E-state index in [4.69, 9.17) is 20.4 Å². The zero-order valence-corrected chi connectivity index (χ0v) is 25.3. The van der Waals surface area contributed by atoms with Gasteiger partial charge in [0.25, 0.3) is 0 Å². The largest absolute Gasteiger partial charge is 1.00 e. The Hall–Kier alpha value is 4.67. The smallest absolute Gasteiger partial charge is 1.00 e. The molecule has 0 radical (unpaired) electrons. The molecule has 0 fully saturated rings. The van der Waals surface area contributed by atoms with Crippen molar-refractivity contribution in [2.45, 2.75) is 12.2 Å². The van der Waals surface area contributed by atoms with Crippen molar-refractivity contribution in [3.05, 3.63) is 0 Å². The summed E-state index contributed by atoms with van der Waals surface area (Å²) >= 11 is 0. The summed E-state index contributed by atoms with van der Waals surface area (Å²) in [7, 11) is 0. The maximum Gasteiger partial charge on any atom is 1.00 e. The maximum atomic E-state index is 10.9. The van der Waals surface area contributed by atoms with Crippen molar-refractivity contribution in [2.75, 3.05) is 13.2 Å². The number of hydrogen-bond acceptors (Lipinski definition) is 10. The molecule has 110 valence electrons. The minimum Gasteiger partial charge on any atom is -1.00 e. The molecule has 0 aromatic rings. The molecule has 0 heterocycles. The molecule has 0 saturated heterocycles. The van der Waals surface area contributed by atoms with Gasteiger partial charge < -0.3 is 35.6 Å². The van der Waals surface area contributed by atoms with Gasteiger partial charge in [-0.15, -0.1) is 0 Å². The molecular weight excluding hydrogens is 412 g/mol. The molecule has 22 heavy (non-hydrogen) atoms. The van der Waals surface area contributed by atoms with Crippen molar-refractivity contribution >= 4 is 23.9 Å². The second kappa shape index (κ2) is 22.0. The second-order valence-electron chi connectivity index (χ2n) is 2.79. The van der Waals surface area contributed by atoms with Crippen LogP contribution in [0.1, 0.15) is 5.71 Å². The van der Waals surface area contributed by atoms with E-state index in [2.05, 4.69) is 9.47 Å². The molecule has 2 unspecified atom stereocenters. The van der Waals surface area contributed by atoms with Gasteiger partial charge >= 0.3 is 229 Å². The van der Waals surface area contributed by atoms with Crippen LogP contribution < -0.4 is 206 Å². The number of aliphatic hydroxyl groups excluding tert-OH is 4. The number of esters is 4. The zero-order valence-electron chi connectivity index (χ0n) is 16.8. The van der Waals surface area contributed by atoms with Crippen molar-refractivity contribution < 1.29 is 260 Å². The van der Waals surface area contributed by atoms with Gasteiger partial charge in [0.1, 0.15) is 13.2 Å². The number of carbonyl (C=O) groups excluding carboxylic acids is 4. The summed E-state index contributed by atoms with van der Waals surface area (Å²) in [5, 5.41) is 34.6. The summed E-state index contributed by atoms with van der Waals surface area (Å²) in [6, 6.07) is 0. The molecule has 14 heteroatoms. The first-order chi connectivity index (χ1) is 8.33. The molecule has 4 N–H and O–H groups in total. The molecule has 0 bridgehead atoms. The Morgan fingerprint density at radius 1 is 0.727 bits per heavy atom. The van der Waals surface area contributed by atoms with Crippen molar-refractivity contribution in [3.63, 3.8) is 0 Å². The normalized spacial score (nSPS) is 10.9. The van der Waals surface area contributed by atoms with E-state index >= 15 is 0 Å². The Balaban J connectivity index is -0.0000000516. The topological polar surface area (TPSA) is 168 Å². The third-order valence-corrected chi connectivity index (χ3v) is 1.47. The van der Waals surface area contributed by atoms with Crippen LogP contribution >= 0.6 is 0 Å². The van der Waals surface area contributed by atoms with Crippen molar-refractivity contribution in [1.29, 1.82) is 0 Å². The summed E-state index contributed by atoms with van der Waals surface area (Å²) in [6.07, 6.45) is -4.97. The van der Waals surface area contributed by atoms with Gasteiger partial charge in [0.2, 0.25) is 0 Å². The number of hydrogen-bond donors (Lipinski definition) is 4. The van der Waals surface area contributed by atoms with Crippen LogP contribution in [0.5, 0.6) is 0 Å². The summed E-state index contributed by atoms with van der Waals surface area (Å²) in [5.41, 5.74) is 0. The number of carbonyl (C=O) groups is 4. The third kappa shape index (κ3) is 16.8. The summed E-state index contributed by atoms with van der Waals surface area (Å²) in [4.78, 5) is 42.7. The molecule has 0 amide bonds. The van der Waals surface area contributed by atoms with E-state index in [1.54, 1.807) is 0 Å². The van der Waals surface area contributed by atoms with Crippen LogP contribution in [0.2, 0.25) is 0 Å². The summed E-state index contributed by atoms with van der Waals surface area (Å²) in [5.74, 6) is -6.25. The average molecular weight is 427 g/mol. The van der Waals surface area contributed by atoms with Crippen LogP contribution in [0.25, 0.3) is 0 Å². The van der Waals surface area contributed by atoms with E-state index in [1.807, 2.05) is 0 Å². The first-order valence-electron chi connectivity index (χ1n) is 4.40. The standard InChI is InChI=1S/C8H10O10.4K.4H/c9-1-3(11)17-7(15)5(13)6(14)8(16)18-4(12)2-10;;;;;;;;/h5-6,9-10,13-14H,1-2H2;;;;;;;;/q;4*+1;4*-1. The third-order valence-electron chi connectivity index (χ3n) is 1.47. The molecular formula is C8H14K4O10. The van der Waals surface area contributed by atoms with Gasteiger partial charge in [-0.2, -0.15) is 0 Å². The molecule has 0 aliphatic carbocycles. The van der Waals surface area contributed by atoms with Crippen LogP contribution in [0.3, 0.4) is 0 Å². The molecule has 0 aromatic heterocycles. The second-order valence-corrected chi connectivity index (χ2v) is 2.79. The van der Waals surface area contributed by atoms with Gasteiger partial charge in [0, 0.05) is 0 Å². The fourth-order valence-electron chi connectivity index (χ4n) is 0.667. The molecule has 2 atom stereocenters. The zero-order chi connectivity index (χ0) is 14.3. The number of rotatable bonds is 5. The monoisotopic (exact) mass is 426 g/mol. The predicted octanol–water partition coefficient (Wildman–Crippen LogP) is -15.7. The van der Waals surface area contributed by atoms with Crippen LogP contribution in [0.4, 0.5) is 0 Å². The van der Waals surface area contributed by atoms with Gasteiger partial charge in [-0.25, -0.2) is 19.2 Å². The van der Waals surface area contributed by atoms with E-state index in [0.29, 0.717) is 0 Å². The van der Waals surface area contributed by atoms with Gasteiger partial charge in [-0.1, -0.05) is 0 Å². The van der Waals surface area contributed by atoms with Crippen LogP contribution in [0, 0.1) is 0 Å². The van der Waals surface area contributed by atoms with E-state index < -0.39 is 49.3 Å². The predicted molar refractivity (Wildman–Crippen MR) is 52.8 cm³/mol. The molecule has 0 aromatic carbocycles. The quantitative estimate of drug-likeness (QED) is 0.188. The fraction of sp³-hybridized carbons (Fsp3) is 0.500. The van der Waals surface area contributed by atoms with Crippen molar-refractivity contribution in [2.24, 2.45) is 0 Å². The molecule has 0 aliphatic heterocycles. The Morgan fingerprint density at radius 2 is 0.955 bits per heavy atom. The fourth-order valence-corrected chi connectivity index (χ4v) is 0.667. The molecule has 0 rings (SSSR count). The molecule has 0 spiro atoms. The van der Waals surface area contributed by atoms with E-state index in [9.17, 15) is 19.2 Å². The van der Waals surface area contributed by atoms with Gasteiger partial charge in [-0.05, 0) is 0 Å². The Kier molecular flexibility index (Phi) is 37.4. The van der Waals surface area contributed by atoms with Crippen LogP contribution in [0.15, 0.2) is 0 Å². The average Bonchev–Trinajstić information content (AvgIpc) is 2.36. The molecule has 0 saturated carbocycles. The minimum atomic E-state index is -2.49. The maximum absolute atomic E-state index is 10.9. The van der Waals surface area contributed by atoms with Crippen LogP contribution in [-0.4, -0.2) is 69.7 Å². The Bertz CT molecular complexity index is 345. The van der Waals surface area contributed by atoms with Crippen LogP contribution in [-0.2, 0) is 28.7 Å². The van der Waals surface area contributed by atoms with E-state index in [0.717, 1.165) is 0 Å². The molecule has 10 nitrogen and oxygen atoms in total. The summed E-state index contributed by atoms with van der Waals surface area (Å²) < 4.78 is 7.57. The van der Waals surface area contributed by atoms with E-state index in [-0.39, 0.29) is 211 Å². The molecule has 0 aliphatic rings. The summed E-state index contributed by atoms with van der Waals surface area (Å²) in [6.45, 7) is -2.30. The van der Waals surface area contributed by atoms with Gasteiger partial charge in [0.15, 0.2) is 12.2 Å². The minimum absolute atomic E-state index is 0. The Labute approximate surface area is 301 Å². The van der Waals surface area contributed by atoms with Crippen molar-refractivity contribution in [3.8, 4) is 0 Å². The van der Waals surface area contributed by atoms with Crippen molar-refractivity contribution in [1.82, 2.24) is 0 Å². The first-order valence-corrected chi connectivity index (χ1v) is 4.40.